The number of amides is 8. The van der Waals surface area contributed by atoms with Crippen LogP contribution in [0.25, 0.3) is 10.9 Å². The SMILES string of the molecule is CSCC[C@H](N)C(=O)N1CCC[C@H]1C(=O)N[C@@H](C)C(=O)NCC(=O)N[C@@H](CCCN=C(N)N)C(=O)N1CCC[C@H]1C(=O)N[C@@H](Cc1c[nH]c2ccccc12)C(=O)N[C@@H](CC(=O)O)C(=O)N[C@@H](CC(C)C)C(=O)O. The van der Waals surface area contributed by atoms with Crippen LogP contribution in [-0.2, 0) is 54.4 Å². The maximum absolute atomic E-state index is 14.4. The number of carbonyl (C=O) groups excluding carboxylic acids is 8. The van der Waals surface area contributed by atoms with Crippen molar-refractivity contribution in [2.75, 3.05) is 38.2 Å². The van der Waals surface area contributed by atoms with Gasteiger partial charge < -0.3 is 74.1 Å². The second-order valence-electron chi connectivity index (χ2n) is 18.6. The highest BCUT2D eigenvalue weighted by Gasteiger charge is 2.41. The van der Waals surface area contributed by atoms with Crippen molar-refractivity contribution in [2.24, 2.45) is 28.1 Å². The first-order valence-corrected chi connectivity index (χ1v) is 25.7. The van der Waals surface area contributed by atoms with E-state index in [1.54, 1.807) is 56.1 Å². The monoisotopic (exact) mass is 1040 g/mol. The molecule has 26 heteroatoms. The standard InChI is InChI=1S/C47H71N13O12S/c1-25(2)20-34(46(71)72)58-41(66)33(22-38(62)63)56-40(65)32(21-27-23-52-30-11-6-5-10-28(27)30)57-43(68)36-14-9-18-60(36)45(70)31(12-7-16-51-47(49)50)55-37(61)24-53-39(64)26(3)54-42(67)35-13-8-17-59(35)44(69)29(48)15-19-73-4/h5-6,10-11,23,25-26,29,31-36,52H,7-9,12-22,24,48H2,1-4H3,(H,53,64)(H,54,67)(H,55,61)(H,56,65)(H,57,68)(H,58,66)(H,62,63)(H,71,72)(H4,49,50,51)/t26-,29-,31-,32-,33-,34-,35-,36-/m0/s1. The van der Waals surface area contributed by atoms with Crippen LogP contribution >= 0.6 is 11.8 Å². The van der Waals surface area contributed by atoms with Crippen molar-refractivity contribution in [3.05, 3.63) is 36.0 Å². The van der Waals surface area contributed by atoms with Crippen LogP contribution in [0.5, 0.6) is 0 Å². The molecule has 4 rings (SSSR count). The number of likely N-dealkylation sites (tertiary alicyclic amines) is 2. The van der Waals surface area contributed by atoms with Crippen molar-refractivity contribution < 1.29 is 58.2 Å². The van der Waals surface area contributed by atoms with Crippen LogP contribution in [0.1, 0.15) is 84.1 Å². The first-order chi connectivity index (χ1) is 34.6. The van der Waals surface area contributed by atoms with E-state index >= 15 is 0 Å². The number of carboxylic acids is 2. The number of hydrogen-bond acceptors (Lipinski definition) is 13. The van der Waals surface area contributed by atoms with Gasteiger partial charge in [0.15, 0.2) is 5.96 Å². The van der Waals surface area contributed by atoms with E-state index in [0.29, 0.717) is 54.4 Å². The average Bonchev–Trinajstić information content (AvgIpc) is 4.13. The average molecular weight is 1040 g/mol. The Balaban J connectivity index is 1.49. The fourth-order valence-corrected chi connectivity index (χ4v) is 9.20. The number of aromatic nitrogens is 1. The molecule has 73 heavy (non-hydrogen) atoms. The Morgan fingerprint density at radius 3 is 2.01 bits per heavy atom. The van der Waals surface area contributed by atoms with E-state index < -0.39 is 115 Å². The van der Waals surface area contributed by atoms with Crippen molar-refractivity contribution in [1.82, 2.24) is 46.7 Å². The maximum atomic E-state index is 14.4. The molecule has 0 radical (unpaired) electrons. The van der Waals surface area contributed by atoms with Crippen LogP contribution in [0.3, 0.4) is 0 Å². The van der Waals surface area contributed by atoms with E-state index in [1.807, 2.05) is 6.26 Å². The molecule has 0 saturated carbocycles. The Bertz CT molecular complexity index is 2340. The molecule has 0 unspecified atom stereocenters. The van der Waals surface area contributed by atoms with E-state index in [0.717, 1.165) is 0 Å². The van der Waals surface area contributed by atoms with E-state index in [-0.39, 0.29) is 63.0 Å². The third kappa shape index (κ3) is 17.6. The number of H-pyrrole nitrogens is 1. The van der Waals surface area contributed by atoms with Crippen molar-refractivity contribution >= 4 is 87.8 Å². The number of carboxylic acid groups (broad SMARTS) is 2. The Kier molecular flexibility index (Phi) is 22.7. The van der Waals surface area contributed by atoms with Gasteiger partial charge in [0.2, 0.25) is 47.3 Å². The molecule has 402 valence electrons. The molecule has 1 aromatic heterocycles. The number of fused-ring (bicyclic) bond motifs is 1. The van der Waals surface area contributed by atoms with Gasteiger partial charge in [-0.05, 0) is 87.8 Å². The molecule has 8 atom stereocenters. The summed E-state index contributed by atoms with van der Waals surface area (Å²) in [5, 5.41) is 35.2. The number of carbonyl (C=O) groups is 10. The van der Waals surface area contributed by atoms with Crippen LogP contribution in [0.15, 0.2) is 35.5 Å². The summed E-state index contributed by atoms with van der Waals surface area (Å²) in [6.07, 6.45) is 4.52. The second-order valence-corrected chi connectivity index (χ2v) is 19.6. The molecule has 2 aliphatic heterocycles. The van der Waals surface area contributed by atoms with Gasteiger partial charge in [0.25, 0.3) is 0 Å². The third-order valence-electron chi connectivity index (χ3n) is 12.4. The Morgan fingerprint density at radius 1 is 0.781 bits per heavy atom. The lowest BCUT2D eigenvalue weighted by Gasteiger charge is -2.30. The van der Waals surface area contributed by atoms with Gasteiger partial charge in [-0.1, -0.05) is 32.0 Å². The minimum absolute atomic E-state index is 0.0112. The zero-order chi connectivity index (χ0) is 53.9. The summed E-state index contributed by atoms with van der Waals surface area (Å²) in [7, 11) is 0. The number of nitrogens with one attached hydrogen (secondary N) is 7. The topological polar surface area (TPSA) is 396 Å². The number of aliphatic imine (C=N–C) groups is 1. The van der Waals surface area contributed by atoms with Gasteiger partial charge in [-0.25, -0.2) is 4.79 Å². The Morgan fingerprint density at radius 2 is 1.40 bits per heavy atom. The molecule has 2 aliphatic rings. The van der Waals surface area contributed by atoms with Crippen molar-refractivity contribution in [1.29, 1.82) is 0 Å². The molecule has 15 N–H and O–H groups in total. The Labute approximate surface area is 427 Å². The number of hydrogen-bond donors (Lipinski definition) is 12. The predicted octanol–water partition coefficient (Wildman–Crippen LogP) is -2.01. The van der Waals surface area contributed by atoms with E-state index in [9.17, 15) is 58.2 Å². The predicted molar refractivity (Wildman–Crippen MR) is 270 cm³/mol. The lowest BCUT2D eigenvalue weighted by atomic mass is 10.0. The van der Waals surface area contributed by atoms with Crippen LogP contribution in [-0.4, -0.2) is 177 Å². The number of benzene rings is 1. The number of aliphatic carboxylic acids is 2. The van der Waals surface area contributed by atoms with E-state index in [2.05, 4.69) is 41.9 Å². The minimum Gasteiger partial charge on any atom is -0.481 e. The summed E-state index contributed by atoms with van der Waals surface area (Å²) in [4.78, 5) is 143. The normalized spacial score (nSPS) is 17.8. The zero-order valence-electron chi connectivity index (χ0n) is 41.6. The lowest BCUT2D eigenvalue weighted by molar-refractivity contribution is -0.144. The number of aromatic amines is 1. The van der Waals surface area contributed by atoms with Gasteiger partial charge >= 0.3 is 11.9 Å². The van der Waals surface area contributed by atoms with Gasteiger partial charge in [-0.3, -0.25) is 48.1 Å². The Hall–Kier alpha value is -6.96. The molecule has 8 amide bonds. The lowest BCUT2D eigenvalue weighted by Crippen LogP contribution is -2.59. The number of thioether (sulfide) groups is 1. The molecule has 2 aromatic rings. The molecule has 2 fully saturated rings. The fraction of sp³-hybridized carbons (Fsp3) is 0.596. The summed E-state index contributed by atoms with van der Waals surface area (Å²) in [6, 6.07) is -2.61. The number of para-hydroxylation sites is 1. The minimum atomic E-state index is -1.75. The molecule has 3 heterocycles. The molecular formula is C47H71N13O12S. The third-order valence-corrected chi connectivity index (χ3v) is 13.1. The molecule has 2 saturated heterocycles. The van der Waals surface area contributed by atoms with Crippen LogP contribution < -0.4 is 49.1 Å². The fourth-order valence-electron chi connectivity index (χ4n) is 8.71. The smallest absolute Gasteiger partial charge is 0.326 e. The van der Waals surface area contributed by atoms with Crippen LogP contribution in [0, 0.1) is 5.92 Å². The highest BCUT2D eigenvalue weighted by molar-refractivity contribution is 7.98. The summed E-state index contributed by atoms with van der Waals surface area (Å²) in [5.74, 6) is -8.40. The van der Waals surface area contributed by atoms with Gasteiger partial charge in [-0.15, -0.1) is 0 Å². The first-order valence-electron chi connectivity index (χ1n) is 24.3. The summed E-state index contributed by atoms with van der Waals surface area (Å²) in [6.45, 7) is 4.76. The summed E-state index contributed by atoms with van der Waals surface area (Å²) in [5.41, 5.74) is 18.4. The van der Waals surface area contributed by atoms with Crippen molar-refractivity contribution in [2.45, 2.75) is 133 Å². The largest absolute Gasteiger partial charge is 0.481 e. The van der Waals surface area contributed by atoms with Crippen molar-refractivity contribution in [3.8, 4) is 0 Å². The number of nitrogens with zero attached hydrogens (tertiary/aromatic N) is 3. The quantitative estimate of drug-likeness (QED) is 0.0249. The van der Waals surface area contributed by atoms with Gasteiger partial charge in [0.05, 0.1) is 19.0 Å². The van der Waals surface area contributed by atoms with Crippen molar-refractivity contribution in [3.63, 3.8) is 0 Å². The highest BCUT2D eigenvalue weighted by atomic mass is 32.2. The zero-order valence-corrected chi connectivity index (χ0v) is 42.5. The number of rotatable bonds is 28. The molecule has 0 spiro atoms. The second kappa shape index (κ2) is 28.3. The molecule has 25 nitrogen and oxygen atoms in total. The van der Waals surface area contributed by atoms with Gasteiger partial charge in [0, 0.05) is 43.2 Å². The van der Waals surface area contributed by atoms with E-state index in [1.165, 1.54) is 16.7 Å². The molecule has 0 aliphatic carbocycles. The summed E-state index contributed by atoms with van der Waals surface area (Å²) < 4.78 is 0. The van der Waals surface area contributed by atoms with Crippen LogP contribution in [0.4, 0.5) is 0 Å². The van der Waals surface area contributed by atoms with E-state index in [4.69, 9.17) is 17.2 Å². The maximum Gasteiger partial charge on any atom is 0.326 e. The van der Waals surface area contributed by atoms with Crippen LogP contribution in [0.2, 0.25) is 0 Å². The number of nitrogens with two attached hydrogens (primary N) is 3. The molecule has 1 aromatic carbocycles. The summed E-state index contributed by atoms with van der Waals surface area (Å²) >= 11 is 1.55. The number of guanidine groups is 1. The molecular weight excluding hydrogens is 971 g/mol. The highest BCUT2D eigenvalue weighted by Crippen LogP contribution is 2.23. The van der Waals surface area contributed by atoms with Gasteiger partial charge in [0.1, 0.15) is 42.3 Å². The first kappa shape index (κ1) is 58.6. The molecule has 0 bridgehead atoms. The van der Waals surface area contributed by atoms with Gasteiger partial charge in [-0.2, -0.15) is 11.8 Å².